The molecule has 0 fully saturated rings. The van der Waals surface area contributed by atoms with Crippen molar-refractivity contribution in [3.8, 4) is 5.75 Å². The number of carbonyl (C=O) groups is 2. The van der Waals surface area contributed by atoms with Gasteiger partial charge in [0.1, 0.15) is 11.4 Å². The lowest BCUT2D eigenvalue weighted by atomic mass is 9.89. The maximum Gasteiger partial charge on any atom is 0.315 e. The molecule has 1 aromatic rings. The van der Waals surface area contributed by atoms with Gasteiger partial charge in [0, 0.05) is 6.04 Å². The van der Waals surface area contributed by atoms with Crippen LogP contribution in [-0.2, 0) is 29.2 Å². The summed E-state index contributed by atoms with van der Waals surface area (Å²) < 4.78 is 37.5. The number of carbonyl (C=O) groups excluding carboxylic acids is 2. The molecule has 9 heteroatoms. The SMILES string of the molecule is CCOC(=O)CC(N)C(C(=O)OC(C)(C)C)c1ccc(OS(C)(=O)=O)cc1. The second kappa shape index (κ2) is 9.18. The fourth-order valence-electron chi connectivity index (χ4n) is 2.36. The maximum absolute atomic E-state index is 12.7. The molecule has 1 aromatic carbocycles. The fourth-order valence-corrected chi connectivity index (χ4v) is 2.82. The van der Waals surface area contributed by atoms with Gasteiger partial charge < -0.3 is 19.4 Å². The van der Waals surface area contributed by atoms with Gasteiger partial charge in [-0.3, -0.25) is 9.59 Å². The molecule has 0 amide bonds. The van der Waals surface area contributed by atoms with Gasteiger partial charge in [0.25, 0.3) is 0 Å². The normalized spacial score (nSPS) is 14.1. The third kappa shape index (κ3) is 8.40. The molecule has 0 saturated heterocycles. The van der Waals surface area contributed by atoms with Crippen LogP contribution in [0.2, 0.25) is 0 Å². The summed E-state index contributed by atoms with van der Waals surface area (Å²) in [6, 6.07) is 4.97. The van der Waals surface area contributed by atoms with Crippen LogP contribution < -0.4 is 9.92 Å². The molecule has 27 heavy (non-hydrogen) atoms. The molecule has 0 aliphatic rings. The van der Waals surface area contributed by atoms with Gasteiger partial charge in [-0.1, -0.05) is 12.1 Å². The minimum Gasteiger partial charge on any atom is -0.466 e. The molecule has 0 bridgehead atoms. The number of esters is 2. The number of ether oxygens (including phenoxy) is 2. The zero-order valence-electron chi connectivity index (χ0n) is 16.2. The van der Waals surface area contributed by atoms with Crippen molar-refractivity contribution < 1.29 is 31.7 Å². The third-order valence-electron chi connectivity index (χ3n) is 3.28. The molecule has 0 aliphatic heterocycles. The highest BCUT2D eigenvalue weighted by Gasteiger charge is 2.33. The van der Waals surface area contributed by atoms with Crippen LogP contribution in [-0.4, -0.2) is 44.9 Å². The van der Waals surface area contributed by atoms with Crippen molar-refractivity contribution in [2.45, 2.75) is 51.7 Å². The van der Waals surface area contributed by atoms with Gasteiger partial charge in [-0.2, -0.15) is 8.42 Å². The first kappa shape index (κ1) is 22.9. The number of nitrogens with two attached hydrogens (primary N) is 1. The Hall–Kier alpha value is -2.13. The van der Waals surface area contributed by atoms with Gasteiger partial charge in [0.05, 0.1) is 25.2 Å². The van der Waals surface area contributed by atoms with Crippen molar-refractivity contribution in [1.29, 1.82) is 0 Å². The highest BCUT2D eigenvalue weighted by atomic mass is 32.2. The van der Waals surface area contributed by atoms with Crippen molar-refractivity contribution in [3.63, 3.8) is 0 Å². The van der Waals surface area contributed by atoms with Crippen LogP contribution in [0.5, 0.6) is 5.75 Å². The molecule has 0 saturated carbocycles. The Labute approximate surface area is 160 Å². The summed E-state index contributed by atoms with van der Waals surface area (Å²) in [5.74, 6) is -1.93. The van der Waals surface area contributed by atoms with Crippen LogP contribution in [0.3, 0.4) is 0 Å². The Bertz CT molecular complexity index is 751. The van der Waals surface area contributed by atoms with Crippen molar-refractivity contribution in [3.05, 3.63) is 29.8 Å². The average molecular weight is 401 g/mol. The monoisotopic (exact) mass is 401 g/mol. The summed E-state index contributed by atoms with van der Waals surface area (Å²) in [4.78, 5) is 24.4. The minimum atomic E-state index is -3.67. The Kier molecular flexibility index (Phi) is 7.79. The number of benzene rings is 1. The van der Waals surface area contributed by atoms with Crippen LogP contribution >= 0.6 is 0 Å². The molecule has 2 atom stereocenters. The van der Waals surface area contributed by atoms with E-state index in [1.807, 2.05) is 0 Å². The Morgan fingerprint density at radius 3 is 2.15 bits per heavy atom. The van der Waals surface area contributed by atoms with E-state index in [2.05, 4.69) is 0 Å². The molecular weight excluding hydrogens is 374 g/mol. The molecule has 2 unspecified atom stereocenters. The van der Waals surface area contributed by atoms with E-state index in [-0.39, 0.29) is 18.8 Å². The molecule has 0 aliphatic carbocycles. The summed E-state index contributed by atoms with van der Waals surface area (Å²) in [5.41, 5.74) is 5.85. The first-order valence-electron chi connectivity index (χ1n) is 8.46. The molecule has 152 valence electrons. The fraction of sp³-hybridized carbons (Fsp3) is 0.556. The first-order valence-corrected chi connectivity index (χ1v) is 10.3. The van der Waals surface area contributed by atoms with E-state index in [4.69, 9.17) is 19.4 Å². The summed E-state index contributed by atoms with van der Waals surface area (Å²) in [5, 5.41) is 0. The number of hydrogen-bond acceptors (Lipinski definition) is 8. The summed E-state index contributed by atoms with van der Waals surface area (Å²) in [7, 11) is -3.67. The van der Waals surface area contributed by atoms with E-state index in [1.54, 1.807) is 27.7 Å². The lowest BCUT2D eigenvalue weighted by Crippen LogP contribution is -2.39. The van der Waals surface area contributed by atoms with Crippen LogP contribution in [0.25, 0.3) is 0 Å². The number of rotatable bonds is 8. The summed E-state index contributed by atoms with van der Waals surface area (Å²) >= 11 is 0. The molecule has 8 nitrogen and oxygen atoms in total. The highest BCUT2D eigenvalue weighted by molar-refractivity contribution is 7.86. The predicted octanol–water partition coefficient (Wildman–Crippen LogP) is 1.73. The quantitative estimate of drug-likeness (QED) is 0.516. The molecule has 0 heterocycles. The Morgan fingerprint density at radius 2 is 1.70 bits per heavy atom. The highest BCUT2D eigenvalue weighted by Crippen LogP contribution is 2.27. The van der Waals surface area contributed by atoms with Crippen molar-refractivity contribution >= 4 is 22.1 Å². The topological polar surface area (TPSA) is 122 Å². The largest absolute Gasteiger partial charge is 0.466 e. The van der Waals surface area contributed by atoms with Crippen LogP contribution in [0.4, 0.5) is 0 Å². The van der Waals surface area contributed by atoms with E-state index in [1.165, 1.54) is 24.3 Å². The zero-order chi connectivity index (χ0) is 20.8. The van der Waals surface area contributed by atoms with Gasteiger partial charge in [-0.25, -0.2) is 0 Å². The van der Waals surface area contributed by atoms with Crippen LogP contribution in [0.15, 0.2) is 24.3 Å². The summed E-state index contributed by atoms with van der Waals surface area (Å²) in [6.07, 6.45) is 0.763. The molecular formula is C18H27NO7S. The van der Waals surface area contributed by atoms with Crippen LogP contribution in [0, 0.1) is 0 Å². The average Bonchev–Trinajstić information content (AvgIpc) is 2.46. The molecule has 0 radical (unpaired) electrons. The standard InChI is InChI=1S/C18H27NO7S/c1-6-24-15(20)11-14(19)16(17(21)25-18(2,3)4)12-7-9-13(10-8-12)26-27(5,22)23/h7-10,14,16H,6,11,19H2,1-5H3. The van der Waals surface area contributed by atoms with Gasteiger partial charge in [0.2, 0.25) is 0 Å². The second-order valence-electron chi connectivity index (χ2n) is 7.04. The summed E-state index contributed by atoms with van der Waals surface area (Å²) in [6.45, 7) is 7.06. The van der Waals surface area contributed by atoms with Gasteiger partial charge >= 0.3 is 22.1 Å². The van der Waals surface area contributed by atoms with Gasteiger partial charge in [-0.15, -0.1) is 0 Å². The maximum atomic E-state index is 12.7. The second-order valence-corrected chi connectivity index (χ2v) is 8.62. The molecule has 0 spiro atoms. The Balaban J connectivity index is 3.12. The predicted molar refractivity (Wildman–Crippen MR) is 99.7 cm³/mol. The van der Waals surface area contributed by atoms with E-state index in [9.17, 15) is 18.0 Å². The minimum absolute atomic E-state index is 0.100. The van der Waals surface area contributed by atoms with Crippen molar-refractivity contribution in [1.82, 2.24) is 0 Å². The smallest absolute Gasteiger partial charge is 0.315 e. The van der Waals surface area contributed by atoms with E-state index >= 15 is 0 Å². The molecule has 0 aromatic heterocycles. The lowest BCUT2D eigenvalue weighted by Gasteiger charge is -2.27. The lowest BCUT2D eigenvalue weighted by molar-refractivity contribution is -0.157. The van der Waals surface area contributed by atoms with Crippen molar-refractivity contribution in [2.24, 2.45) is 5.73 Å². The van der Waals surface area contributed by atoms with Gasteiger partial charge in [-0.05, 0) is 45.4 Å². The van der Waals surface area contributed by atoms with E-state index < -0.39 is 39.6 Å². The zero-order valence-corrected chi connectivity index (χ0v) is 17.0. The van der Waals surface area contributed by atoms with E-state index in [0.717, 1.165) is 6.26 Å². The van der Waals surface area contributed by atoms with Crippen LogP contribution in [0.1, 0.15) is 45.6 Å². The van der Waals surface area contributed by atoms with Gasteiger partial charge in [0.15, 0.2) is 0 Å². The number of hydrogen-bond donors (Lipinski definition) is 1. The molecule has 2 N–H and O–H groups in total. The Morgan fingerprint density at radius 1 is 1.15 bits per heavy atom. The third-order valence-corrected chi connectivity index (χ3v) is 3.78. The first-order chi connectivity index (χ1) is 12.3. The van der Waals surface area contributed by atoms with E-state index in [0.29, 0.717) is 5.56 Å². The molecule has 1 rings (SSSR count). The van der Waals surface area contributed by atoms with Crippen molar-refractivity contribution in [2.75, 3.05) is 12.9 Å².